The number of hydrogen-bond acceptors (Lipinski definition) is 5. The van der Waals surface area contributed by atoms with Gasteiger partial charge in [0.1, 0.15) is 5.75 Å². The van der Waals surface area contributed by atoms with E-state index < -0.39 is 12.1 Å². The minimum Gasteiger partial charge on any atom is -0.481 e. The summed E-state index contributed by atoms with van der Waals surface area (Å²) in [5.74, 6) is 0.671. The smallest absolute Gasteiger partial charge is 0.427 e. The molecule has 28 heavy (non-hydrogen) atoms. The number of carbonyl (C=O) groups is 2. The average molecular weight is 390 g/mol. The Hall–Kier alpha value is -2.12. The number of hydrazine groups is 1. The number of rotatable bonds is 11. The van der Waals surface area contributed by atoms with Crippen LogP contribution in [0.5, 0.6) is 5.75 Å². The molecule has 154 valence electrons. The van der Waals surface area contributed by atoms with Crippen LogP contribution in [0.3, 0.4) is 0 Å². The lowest BCUT2D eigenvalue weighted by Gasteiger charge is -2.28. The highest BCUT2D eigenvalue weighted by Gasteiger charge is 2.47. The number of nitrogens with one attached hydrogen (secondary N) is 2. The molecule has 3 N–H and O–H groups in total. The van der Waals surface area contributed by atoms with E-state index in [9.17, 15) is 9.59 Å². The molecule has 3 rings (SSSR count). The fourth-order valence-corrected chi connectivity index (χ4v) is 4.43. The van der Waals surface area contributed by atoms with Gasteiger partial charge in [-0.2, -0.15) is 0 Å². The highest BCUT2D eigenvalue weighted by molar-refractivity contribution is 5.69. The Kier molecular flexibility index (Phi) is 7.68. The molecule has 2 fully saturated rings. The molecule has 2 saturated heterocycles. The lowest BCUT2D eigenvalue weighted by Crippen LogP contribution is -2.45. The van der Waals surface area contributed by atoms with Crippen LogP contribution < -0.4 is 15.6 Å². The molecule has 0 saturated carbocycles. The first-order chi connectivity index (χ1) is 13.6. The van der Waals surface area contributed by atoms with E-state index in [-0.39, 0.29) is 12.5 Å². The molecular formula is C21H30N2O5. The van der Waals surface area contributed by atoms with Gasteiger partial charge < -0.3 is 14.6 Å². The summed E-state index contributed by atoms with van der Waals surface area (Å²) in [5, 5.41) is 8.69. The van der Waals surface area contributed by atoms with Gasteiger partial charge in [0.15, 0.2) is 0 Å². The van der Waals surface area contributed by atoms with Gasteiger partial charge in [-0.3, -0.25) is 10.2 Å². The van der Waals surface area contributed by atoms with Crippen LogP contribution in [0.1, 0.15) is 51.4 Å². The highest BCUT2D eigenvalue weighted by Crippen LogP contribution is 2.45. The molecule has 7 heteroatoms. The zero-order valence-corrected chi connectivity index (χ0v) is 16.1. The molecule has 0 aliphatic carbocycles. The van der Waals surface area contributed by atoms with Crippen molar-refractivity contribution in [2.45, 2.75) is 63.6 Å². The van der Waals surface area contributed by atoms with E-state index in [0.717, 1.165) is 44.9 Å². The minimum absolute atomic E-state index is 0.258. The number of amides is 1. The maximum Gasteiger partial charge on any atom is 0.427 e. The second kappa shape index (κ2) is 10.4. The van der Waals surface area contributed by atoms with Crippen LogP contribution in [0, 0.1) is 11.8 Å². The van der Waals surface area contributed by atoms with Crippen LogP contribution in [0.4, 0.5) is 4.79 Å². The van der Waals surface area contributed by atoms with Crippen molar-refractivity contribution in [2.24, 2.45) is 11.8 Å². The fourth-order valence-electron chi connectivity index (χ4n) is 4.43. The second-order valence-corrected chi connectivity index (χ2v) is 7.67. The molecule has 0 spiro atoms. The maximum absolute atomic E-state index is 11.9. The Morgan fingerprint density at radius 1 is 1.04 bits per heavy atom. The first-order valence-corrected chi connectivity index (χ1v) is 10.3. The number of unbranched alkanes of at least 4 members (excludes halogenated alkanes) is 3. The average Bonchev–Trinajstić information content (AvgIpc) is 3.27. The van der Waals surface area contributed by atoms with Gasteiger partial charge in [0.25, 0.3) is 0 Å². The third-order valence-corrected chi connectivity index (χ3v) is 5.75. The zero-order chi connectivity index (χ0) is 19.8. The second-order valence-electron chi connectivity index (χ2n) is 7.67. The van der Waals surface area contributed by atoms with E-state index in [1.807, 2.05) is 18.2 Å². The lowest BCUT2D eigenvalue weighted by atomic mass is 9.76. The molecule has 2 aliphatic heterocycles. The monoisotopic (exact) mass is 390 g/mol. The minimum atomic E-state index is -0.717. The molecule has 4 unspecified atom stereocenters. The highest BCUT2D eigenvalue weighted by atomic mass is 16.6. The number of hydrogen-bond donors (Lipinski definition) is 3. The van der Waals surface area contributed by atoms with Crippen molar-refractivity contribution in [2.75, 3.05) is 6.54 Å². The summed E-state index contributed by atoms with van der Waals surface area (Å²) in [6.07, 6.45) is 7.49. The number of carbonyl (C=O) groups excluding carboxylic acids is 1. The summed E-state index contributed by atoms with van der Waals surface area (Å²) >= 11 is 0. The van der Waals surface area contributed by atoms with Crippen molar-refractivity contribution in [1.82, 2.24) is 10.9 Å². The van der Waals surface area contributed by atoms with E-state index in [0.29, 0.717) is 30.2 Å². The Morgan fingerprint density at radius 3 is 2.50 bits per heavy atom. The van der Waals surface area contributed by atoms with E-state index >= 15 is 0 Å². The molecule has 1 aromatic carbocycles. The van der Waals surface area contributed by atoms with Crippen LogP contribution in [-0.2, 0) is 9.53 Å². The van der Waals surface area contributed by atoms with E-state index in [2.05, 4.69) is 10.9 Å². The molecule has 0 radical (unpaired) electrons. The number of benzene rings is 1. The van der Waals surface area contributed by atoms with Gasteiger partial charge in [0.2, 0.25) is 0 Å². The Morgan fingerprint density at radius 2 is 1.75 bits per heavy atom. The standard InChI is InChI=1S/C21H30N2O5/c24-20(25)11-7-2-1-6-10-16-17(19-13-12-18(16)28-19)14-22-23-21(26)27-15-8-4-3-5-9-15/h3-5,8-9,16-19,22H,1-2,6-7,10-14H2,(H,23,26)(H,24,25). The normalized spacial score (nSPS) is 25.6. The first kappa shape index (κ1) is 20.6. The zero-order valence-electron chi connectivity index (χ0n) is 16.1. The van der Waals surface area contributed by atoms with Crippen molar-refractivity contribution in [3.05, 3.63) is 30.3 Å². The van der Waals surface area contributed by atoms with Crippen molar-refractivity contribution in [3.8, 4) is 5.75 Å². The summed E-state index contributed by atoms with van der Waals surface area (Å²) in [7, 11) is 0. The molecule has 2 bridgehead atoms. The largest absolute Gasteiger partial charge is 0.481 e. The molecule has 0 aromatic heterocycles. The quantitative estimate of drug-likeness (QED) is 0.395. The SMILES string of the molecule is O=C(O)CCCCCCC1C2CCC(O2)C1CNNC(=O)Oc1ccccc1. The van der Waals surface area contributed by atoms with Crippen LogP contribution in [0.25, 0.3) is 0 Å². The van der Waals surface area contributed by atoms with Crippen LogP contribution >= 0.6 is 0 Å². The van der Waals surface area contributed by atoms with Crippen molar-refractivity contribution in [1.29, 1.82) is 0 Å². The summed E-state index contributed by atoms with van der Waals surface area (Å²) in [5.41, 5.74) is 5.63. The number of para-hydroxylation sites is 1. The molecule has 1 aromatic rings. The van der Waals surface area contributed by atoms with Gasteiger partial charge in [-0.25, -0.2) is 10.2 Å². The summed E-state index contributed by atoms with van der Waals surface area (Å²) in [6, 6.07) is 8.96. The van der Waals surface area contributed by atoms with Crippen LogP contribution in [-0.4, -0.2) is 35.9 Å². The number of fused-ring (bicyclic) bond motifs is 2. The van der Waals surface area contributed by atoms with Gasteiger partial charge in [-0.1, -0.05) is 37.5 Å². The summed E-state index contributed by atoms with van der Waals surface area (Å²) in [4.78, 5) is 22.4. The first-order valence-electron chi connectivity index (χ1n) is 10.3. The molecule has 1 amide bonds. The number of aliphatic carboxylic acids is 1. The van der Waals surface area contributed by atoms with Crippen molar-refractivity contribution < 1.29 is 24.2 Å². The van der Waals surface area contributed by atoms with Gasteiger partial charge in [0, 0.05) is 18.9 Å². The Balaban J connectivity index is 1.36. The van der Waals surface area contributed by atoms with Crippen LogP contribution in [0.15, 0.2) is 30.3 Å². The molecule has 2 heterocycles. The van der Waals surface area contributed by atoms with Crippen molar-refractivity contribution in [3.63, 3.8) is 0 Å². The maximum atomic E-state index is 11.9. The molecule has 7 nitrogen and oxygen atoms in total. The number of carboxylic acids is 1. The Bertz CT molecular complexity index is 639. The molecule has 2 aliphatic rings. The summed E-state index contributed by atoms with van der Waals surface area (Å²) < 4.78 is 11.3. The summed E-state index contributed by atoms with van der Waals surface area (Å²) in [6.45, 7) is 0.661. The van der Waals surface area contributed by atoms with E-state index in [4.69, 9.17) is 14.6 Å². The molecular weight excluding hydrogens is 360 g/mol. The Labute approximate surface area is 165 Å². The van der Waals surface area contributed by atoms with E-state index in [1.165, 1.54) is 0 Å². The van der Waals surface area contributed by atoms with Crippen molar-refractivity contribution >= 4 is 12.1 Å². The van der Waals surface area contributed by atoms with Crippen LogP contribution in [0.2, 0.25) is 0 Å². The van der Waals surface area contributed by atoms with Gasteiger partial charge in [0.05, 0.1) is 12.2 Å². The molecule has 4 atom stereocenters. The predicted molar refractivity (Wildman–Crippen MR) is 104 cm³/mol. The van der Waals surface area contributed by atoms with E-state index in [1.54, 1.807) is 12.1 Å². The fraction of sp³-hybridized carbons (Fsp3) is 0.619. The van der Waals surface area contributed by atoms with Gasteiger partial charge in [-0.15, -0.1) is 0 Å². The third-order valence-electron chi connectivity index (χ3n) is 5.75. The topological polar surface area (TPSA) is 96.9 Å². The number of ether oxygens (including phenoxy) is 2. The van der Waals surface area contributed by atoms with Gasteiger partial charge >= 0.3 is 12.1 Å². The van der Waals surface area contributed by atoms with Gasteiger partial charge in [-0.05, 0) is 43.7 Å². The predicted octanol–water partition coefficient (Wildman–Crippen LogP) is 3.50. The lowest BCUT2D eigenvalue weighted by molar-refractivity contribution is -0.137. The number of carboxylic acid groups (broad SMARTS) is 1. The third kappa shape index (κ3) is 5.94.